The average Bonchev–Trinajstić information content (AvgIpc) is 2.44. The van der Waals surface area contributed by atoms with Gasteiger partial charge in [-0.05, 0) is 37.2 Å². The van der Waals surface area contributed by atoms with Gasteiger partial charge in [-0.1, -0.05) is 26.0 Å². The molecule has 2 N–H and O–H groups in total. The molecule has 0 bridgehead atoms. The van der Waals surface area contributed by atoms with Crippen molar-refractivity contribution in [2.45, 2.75) is 20.4 Å². The van der Waals surface area contributed by atoms with Crippen molar-refractivity contribution in [3.05, 3.63) is 29.8 Å². The summed E-state index contributed by atoms with van der Waals surface area (Å²) in [5.74, 6) is 0.630. The normalized spacial score (nSPS) is 12.2. The van der Waals surface area contributed by atoms with Crippen LogP contribution in [0.4, 0.5) is 4.79 Å². The zero-order valence-electron chi connectivity index (χ0n) is 13.5. The zero-order chi connectivity index (χ0) is 15.8. The maximum absolute atomic E-state index is 12.0. The summed E-state index contributed by atoms with van der Waals surface area (Å²) >= 11 is 0. The number of hydrogen-bond donors (Lipinski definition) is 2. The van der Waals surface area contributed by atoms with E-state index in [1.165, 1.54) is 0 Å². The Bertz CT molecular complexity index is 451. The fourth-order valence-electron chi connectivity index (χ4n) is 2.12. The third kappa shape index (κ3) is 6.49. The molecule has 0 saturated carbocycles. The molecule has 0 saturated heterocycles. The highest BCUT2D eigenvalue weighted by atomic mass is 16.3. The number of nitrogens with zero attached hydrogens (tertiary/aromatic N) is 2. The minimum Gasteiger partial charge on any atom is -0.508 e. The lowest BCUT2D eigenvalue weighted by molar-refractivity contribution is 0.203. The number of hydrogen-bond acceptors (Lipinski definition) is 3. The lowest BCUT2D eigenvalue weighted by atomic mass is 10.1. The molecule has 21 heavy (non-hydrogen) atoms. The van der Waals surface area contributed by atoms with E-state index in [0.717, 1.165) is 18.7 Å². The molecule has 0 unspecified atom stereocenters. The van der Waals surface area contributed by atoms with E-state index in [2.05, 4.69) is 31.1 Å². The molecule has 0 spiro atoms. The van der Waals surface area contributed by atoms with Crippen molar-refractivity contribution in [3.8, 4) is 5.75 Å². The highest BCUT2D eigenvalue weighted by Crippen LogP contribution is 2.12. The highest BCUT2D eigenvalue weighted by Gasteiger charge is 2.11. The number of carbonyl (C=O) groups excluding carboxylic acids is 1. The lowest BCUT2D eigenvalue weighted by Crippen LogP contribution is -2.40. The SMILES string of the molecule is CCN(C)C[C@@H](C)CNC(=O)N(C)Cc1cccc(O)c1. The second kappa shape index (κ2) is 8.52. The molecule has 1 atom stereocenters. The number of urea groups is 1. The summed E-state index contributed by atoms with van der Waals surface area (Å²) in [7, 11) is 3.83. The molecule has 2 amide bonds. The molecule has 1 rings (SSSR count). The van der Waals surface area contributed by atoms with Crippen LogP contribution < -0.4 is 5.32 Å². The predicted octanol–water partition coefficient (Wildman–Crippen LogP) is 2.12. The molecule has 0 aromatic heterocycles. The Labute approximate surface area is 127 Å². The number of phenolic OH excluding ortho intramolecular Hbond substituents is 1. The topological polar surface area (TPSA) is 55.8 Å². The summed E-state index contributed by atoms with van der Waals surface area (Å²) in [5, 5.41) is 12.4. The van der Waals surface area contributed by atoms with Crippen LogP contribution in [0.5, 0.6) is 5.75 Å². The van der Waals surface area contributed by atoms with E-state index in [9.17, 15) is 9.90 Å². The minimum atomic E-state index is -0.0932. The van der Waals surface area contributed by atoms with Gasteiger partial charge in [-0.15, -0.1) is 0 Å². The average molecular weight is 293 g/mol. The Balaban J connectivity index is 2.37. The lowest BCUT2D eigenvalue weighted by Gasteiger charge is -2.22. The van der Waals surface area contributed by atoms with E-state index >= 15 is 0 Å². The van der Waals surface area contributed by atoms with Crippen molar-refractivity contribution in [1.29, 1.82) is 0 Å². The van der Waals surface area contributed by atoms with Crippen molar-refractivity contribution >= 4 is 6.03 Å². The highest BCUT2D eigenvalue weighted by molar-refractivity contribution is 5.73. The quantitative estimate of drug-likeness (QED) is 0.809. The molecule has 0 fully saturated rings. The number of rotatable bonds is 7. The molecule has 0 radical (unpaired) electrons. The first-order valence-corrected chi connectivity index (χ1v) is 7.37. The first kappa shape index (κ1) is 17.3. The molecule has 118 valence electrons. The molecule has 0 aliphatic carbocycles. The number of benzene rings is 1. The van der Waals surface area contributed by atoms with Crippen molar-refractivity contribution < 1.29 is 9.90 Å². The Morgan fingerprint density at radius 3 is 2.71 bits per heavy atom. The molecule has 0 heterocycles. The summed E-state index contributed by atoms with van der Waals surface area (Å²) in [6, 6.07) is 6.86. The number of phenols is 1. The second-order valence-corrected chi connectivity index (χ2v) is 5.67. The largest absolute Gasteiger partial charge is 0.508 e. The molecule has 1 aromatic rings. The second-order valence-electron chi connectivity index (χ2n) is 5.67. The van der Waals surface area contributed by atoms with Crippen LogP contribution in [-0.4, -0.2) is 54.7 Å². The molecule has 0 aliphatic rings. The van der Waals surface area contributed by atoms with E-state index in [-0.39, 0.29) is 11.8 Å². The van der Waals surface area contributed by atoms with E-state index in [4.69, 9.17) is 0 Å². The Kier molecular flexibility index (Phi) is 7.02. The molecular formula is C16H27N3O2. The number of carbonyl (C=O) groups is 1. The van der Waals surface area contributed by atoms with Gasteiger partial charge in [0, 0.05) is 26.7 Å². The smallest absolute Gasteiger partial charge is 0.317 e. The minimum absolute atomic E-state index is 0.0932. The van der Waals surface area contributed by atoms with Crippen LogP contribution in [0.3, 0.4) is 0 Å². The molecule has 1 aromatic carbocycles. The predicted molar refractivity (Wildman–Crippen MR) is 85.3 cm³/mol. The Morgan fingerprint density at radius 2 is 2.10 bits per heavy atom. The Hall–Kier alpha value is -1.75. The maximum atomic E-state index is 12.0. The third-order valence-electron chi connectivity index (χ3n) is 3.44. The zero-order valence-corrected chi connectivity index (χ0v) is 13.5. The monoisotopic (exact) mass is 293 g/mol. The Morgan fingerprint density at radius 1 is 1.38 bits per heavy atom. The van der Waals surface area contributed by atoms with Crippen LogP contribution in [0.15, 0.2) is 24.3 Å². The number of aromatic hydroxyl groups is 1. The first-order valence-electron chi connectivity index (χ1n) is 7.37. The summed E-state index contributed by atoms with van der Waals surface area (Å²) < 4.78 is 0. The van der Waals surface area contributed by atoms with Crippen LogP contribution in [-0.2, 0) is 6.54 Å². The van der Waals surface area contributed by atoms with E-state index in [1.54, 1.807) is 30.1 Å². The van der Waals surface area contributed by atoms with Gasteiger partial charge in [-0.2, -0.15) is 0 Å². The maximum Gasteiger partial charge on any atom is 0.317 e. The van der Waals surface area contributed by atoms with Crippen molar-refractivity contribution in [2.24, 2.45) is 5.92 Å². The van der Waals surface area contributed by atoms with Crippen LogP contribution in [0.1, 0.15) is 19.4 Å². The van der Waals surface area contributed by atoms with Gasteiger partial charge in [0.2, 0.25) is 0 Å². The summed E-state index contributed by atoms with van der Waals surface area (Å²) in [6.45, 7) is 7.36. The van der Waals surface area contributed by atoms with Gasteiger partial charge in [0.1, 0.15) is 5.75 Å². The fourth-order valence-corrected chi connectivity index (χ4v) is 2.12. The fraction of sp³-hybridized carbons (Fsp3) is 0.562. The molecular weight excluding hydrogens is 266 g/mol. The van der Waals surface area contributed by atoms with Gasteiger partial charge in [-0.3, -0.25) is 0 Å². The number of nitrogens with one attached hydrogen (secondary N) is 1. The van der Waals surface area contributed by atoms with Gasteiger partial charge in [0.05, 0.1) is 0 Å². The third-order valence-corrected chi connectivity index (χ3v) is 3.44. The van der Waals surface area contributed by atoms with E-state index < -0.39 is 0 Å². The van der Waals surface area contributed by atoms with E-state index in [1.807, 2.05) is 6.07 Å². The van der Waals surface area contributed by atoms with Crippen LogP contribution in [0, 0.1) is 5.92 Å². The summed E-state index contributed by atoms with van der Waals surface area (Å²) in [5.41, 5.74) is 0.909. The molecule has 5 nitrogen and oxygen atoms in total. The van der Waals surface area contributed by atoms with E-state index in [0.29, 0.717) is 19.0 Å². The van der Waals surface area contributed by atoms with Crippen LogP contribution in [0.2, 0.25) is 0 Å². The van der Waals surface area contributed by atoms with Gasteiger partial charge in [-0.25, -0.2) is 4.79 Å². The van der Waals surface area contributed by atoms with Gasteiger partial charge >= 0.3 is 6.03 Å². The van der Waals surface area contributed by atoms with Gasteiger partial charge in [0.25, 0.3) is 0 Å². The summed E-state index contributed by atoms with van der Waals surface area (Å²) in [6.07, 6.45) is 0. The standard InChI is InChI=1S/C16H27N3O2/c1-5-18(3)11-13(2)10-17-16(21)19(4)12-14-7-6-8-15(20)9-14/h6-9,13,20H,5,10-12H2,1-4H3,(H,17,21)/t13-/m0/s1. The first-order chi connectivity index (χ1) is 9.92. The van der Waals surface area contributed by atoms with Crippen molar-refractivity contribution in [1.82, 2.24) is 15.1 Å². The van der Waals surface area contributed by atoms with Crippen LogP contribution >= 0.6 is 0 Å². The van der Waals surface area contributed by atoms with Gasteiger partial charge in [0.15, 0.2) is 0 Å². The van der Waals surface area contributed by atoms with Crippen LogP contribution in [0.25, 0.3) is 0 Å². The summed E-state index contributed by atoms with van der Waals surface area (Å²) in [4.78, 5) is 15.9. The number of amides is 2. The van der Waals surface area contributed by atoms with Crippen molar-refractivity contribution in [2.75, 3.05) is 33.7 Å². The molecule has 0 aliphatic heterocycles. The van der Waals surface area contributed by atoms with Crippen molar-refractivity contribution in [3.63, 3.8) is 0 Å². The molecule has 5 heteroatoms. The van der Waals surface area contributed by atoms with Gasteiger partial charge < -0.3 is 20.2 Å².